The van der Waals surface area contributed by atoms with E-state index in [9.17, 15) is 19.2 Å². The predicted octanol–water partition coefficient (Wildman–Crippen LogP) is 2.42. The lowest BCUT2D eigenvalue weighted by Gasteiger charge is -2.35. The van der Waals surface area contributed by atoms with Crippen molar-refractivity contribution in [2.45, 2.75) is 46.5 Å². The van der Waals surface area contributed by atoms with Crippen molar-refractivity contribution in [1.29, 1.82) is 0 Å². The van der Waals surface area contributed by atoms with Gasteiger partial charge < -0.3 is 19.4 Å². The fourth-order valence-electron chi connectivity index (χ4n) is 4.99. The minimum Gasteiger partial charge on any atom is -0.466 e. The number of ether oxygens (including phenoxy) is 1. The Balaban J connectivity index is 1.56. The Morgan fingerprint density at radius 1 is 0.941 bits per heavy atom. The largest absolute Gasteiger partial charge is 0.466 e. The third kappa shape index (κ3) is 6.36. The number of carbonyl (C=O) groups is 4. The fourth-order valence-corrected chi connectivity index (χ4v) is 4.99. The van der Waals surface area contributed by atoms with Crippen LogP contribution >= 0.6 is 0 Å². The number of hydrogen-bond acceptors (Lipinski definition) is 5. The van der Waals surface area contributed by atoms with Crippen LogP contribution in [0, 0.1) is 25.7 Å². The number of rotatable bonds is 6. The first-order valence-electron chi connectivity index (χ1n) is 12.3. The van der Waals surface area contributed by atoms with Crippen LogP contribution < -0.4 is 0 Å². The van der Waals surface area contributed by atoms with Gasteiger partial charge in [0.1, 0.15) is 0 Å². The van der Waals surface area contributed by atoms with Crippen molar-refractivity contribution in [3.63, 3.8) is 0 Å². The molecule has 2 unspecified atom stereocenters. The molecule has 186 valence electrons. The summed E-state index contributed by atoms with van der Waals surface area (Å²) in [4.78, 5) is 56.0. The van der Waals surface area contributed by atoms with Gasteiger partial charge in [0, 0.05) is 38.8 Å². The molecule has 0 saturated carbocycles. The summed E-state index contributed by atoms with van der Waals surface area (Å²) in [6.07, 6.45) is 2.90. The number of amides is 3. The molecule has 8 nitrogen and oxygen atoms in total. The van der Waals surface area contributed by atoms with Crippen LogP contribution in [0.5, 0.6) is 0 Å². The first-order valence-corrected chi connectivity index (χ1v) is 12.3. The van der Waals surface area contributed by atoms with Crippen LogP contribution in [-0.4, -0.2) is 84.8 Å². The van der Waals surface area contributed by atoms with Crippen LogP contribution in [0.4, 0.5) is 0 Å². The Bertz CT molecular complexity index is 911. The summed E-state index contributed by atoms with van der Waals surface area (Å²) in [7, 11) is 1.64. The van der Waals surface area contributed by atoms with E-state index in [1.54, 1.807) is 23.8 Å². The average Bonchev–Trinajstić information content (AvgIpc) is 2.82. The number of benzene rings is 1. The Labute approximate surface area is 202 Å². The summed E-state index contributed by atoms with van der Waals surface area (Å²) in [6, 6.07) is 5.80. The number of likely N-dealkylation sites (tertiary alicyclic amines) is 2. The molecule has 0 bridgehead atoms. The molecule has 2 saturated heterocycles. The van der Waals surface area contributed by atoms with E-state index in [1.165, 1.54) is 4.90 Å². The molecule has 3 rings (SSSR count). The highest BCUT2D eigenvalue weighted by molar-refractivity contribution is 5.95. The van der Waals surface area contributed by atoms with Gasteiger partial charge in [-0.3, -0.25) is 19.2 Å². The average molecular weight is 472 g/mol. The number of aryl methyl sites for hydroxylation is 2. The quantitative estimate of drug-likeness (QED) is 0.595. The van der Waals surface area contributed by atoms with Crippen molar-refractivity contribution in [1.82, 2.24) is 14.7 Å². The molecule has 2 aliphatic heterocycles. The summed E-state index contributed by atoms with van der Waals surface area (Å²) in [5.74, 6) is -1.23. The van der Waals surface area contributed by atoms with Crippen molar-refractivity contribution in [3.8, 4) is 0 Å². The molecule has 2 atom stereocenters. The van der Waals surface area contributed by atoms with Crippen molar-refractivity contribution >= 4 is 23.7 Å². The zero-order valence-electron chi connectivity index (χ0n) is 20.8. The van der Waals surface area contributed by atoms with Gasteiger partial charge >= 0.3 is 5.97 Å². The molecule has 2 fully saturated rings. The van der Waals surface area contributed by atoms with Crippen LogP contribution in [0.15, 0.2) is 18.2 Å². The van der Waals surface area contributed by atoms with Gasteiger partial charge in [-0.2, -0.15) is 0 Å². The number of esters is 1. The number of hydrogen-bond donors (Lipinski definition) is 0. The highest BCUT2D eigenvalue weighted by Crippen LogP contribution is 2.22. The van der Waals surface area contributed by atoms with E-state index in [4.69, 9.17) is 4.74 Å². The molecule has 0 aromatic heterocycles. The number of nitrogens with zero attached hydrogens (tertiary/aromatic N) is 3. The van der Waals surface area contributed by atoms with E-state index in [-0.39, 0.29) is 42.1 Å². The second kappa shape index (κ2) is 11.5. The maximum Gasteiger partial charge on any atom is 0.310 e. The van der Waals surface area contributed by atoms with E-state index in [1.807, 2.05) is 32.0 Å². The van der Waals surface area contributed by atoms with Gasteiger partial charge in [-0.25, -0.2) is 0 Å². The smallest absolute Gasteiger partial charge is 0.310 e. The van der Waals surface area contributed by atoms with Crippen LogP contribution in [0.1, 0.15) is 54.1 Å². The van der Waals surface area contributed by atoms with Crippen LogP contribution in [0.25, 0.3) is 0 Å². The zero-order chi connectivity index (χ0) is 24.8. The van der Waals surface area contributed by atoms with E-state index in [2.05, 4.69) is 0 Å². The molecular formula is C26H37N3O5. The molecule has 1 aromatic carbocycles. The summed E-state index contributed by atoms with van der Waals surface area (Å²) < 4.78 is 5.11. The summed E-state index contributed by atoms with van der Waals surface area (Å²) in [6.45, 7) is 7.90. The van der Waals surface area contributed by atoms with Gasteiger partial charge in [-0.05, 0) is 58.6 Å². The number of likely N-dealkylation sites (N-methyl/N-ethyl adjacent to an activating group) is 1. The molecule has 1 aromatic rings. The molecule has 2 aliphatic rings. The Kier molecular flexibility index (Phi) is 8.69. The van der Waals surface area contributed by atoms with Crippen LogP contribution in [-0.2, 0) is 19.1 Å². The first-order chi connectivity index (χ1) is 16.2. The van der Waals surface area contributed by atoms with Gasteiger partial charge in [-0.15, -0.1) is 0 Å². The Morgan fingerprint density at radius 2 is 1.53 bits per heavy atom. The third-order valence-electron chi connectivity index (χ3n) is 6.67. The molecule has 2 heterocycles. The number of carbonyl (C=O) groups excluding carboxylic acids is 4. The standard InChI is InChI=1S/C26H37N3O5/c1-5-34-26(33)21-9-7-10-28(16-21)23(30)17-27(4)24(31)20-8-6-11-29(15-20)25(32)22-13-18(2)12-19(3)14-22/h12-14,20-21H,5-11,15-17H2,1-4H3. The first kappa shape index (κ1) is 25.7. The zero-order valence-corrected chi connectivity index (χ0v) is 20.8. The van der Waals surface area contributed by atoms with Gasteiger partial charge in [0.15, 0.2) is 0 Å². The van der Waals surface area contributed by atoms with Gasteiger partial charge in [-0.1, -0.05) is 17.2 Å². The van der Waals surface area contributed by atoms with Crippen molar-refractivity contribution < 1.29 is 23.9 Å². The SMILES string of the molecule is CCOC(=O)C1CCCN(C(=O)CN(C)C(=O)C2CCCN(C(=O)c3cc(C)cc(C)c3)C2)C1. The van der Waals surface area contributed by atoms with Crippen molar-refractivity contribution in [2.24, 2.45) is 11.8 Å². The molecule has 0 aliphatic carbocycles. The summed E-state index contributed by atoms with van der Waals surface area (Å²) in [5.41, 5.74) is 2.72. The molecule has 8 heteroatoms. The second-order valence-electron chi connectivity index (χ2n) is 9.59. The predicted molar refractivity (Wildman–Crippen MR) is 128 cm³/mol. The second-order valence-corrected chi connectivity index (χ2v) is 9.59. The summed E-state index contributed by atoms with van der Waals surface area (Å²) in [5, 5.41) is 0. The fraction of sp³-hybridized carbons (Fsp3) is 0.615. The van der Waals surface area contributed by atoms with E-state index < -0.39 is 0 Å². The Hall–Kier alpha value is -2.90. The van der Waals surface area contributed by atoms with E-state index >= 15 is 0 Å². The van der Waals surface area contributed by atoms with Gasteiger partial charge in [0.05, 0.1) is 25.0 Å². The third-order valence-corrected chi connectivity index (χ3v) is 6.67. The van der Waals surface area contributed by atoms with E-state index in [0.29, 0.717) is 51.2 Å². The van der Waals surface area contributed by atoms with Gasteiger partial charge in [0.25, 0.3) is 5.91 Å². The van der Waals surface area contributed by atoms with Crippen molar-refractivity contribution in [2.75, 3.05) is 46.4 Å². The monoisotopic (exact) mass is 471 g/mol. The van der Waals surface area contributed by atoms with Crippen LogP contribution in [0.2, 0.25) is 0 Å². The van der Waals surface area contributed by atoms with Crippen molar-refractivity contribution in [3.05, 3.63) is 34.9 Å². The topological polar surface area (TPSA) is 87.2 Å². The number of piperidine rings is 2. The van der Waals surface area contributed by atoms with Crippen LogP contribution in [0.3, 0.4) is 0 Å². The minimum atomic E-state index is -0.324. The molecule has 0 spiro atoms. The molecule has 0 radical (unpaired) electrons. The maximum absolute atomic E-state index is 13.1. The minimum absolute atomic E-state index is 0.0318. The van der Waals surface area contributed by atoms with Gasteiger partial charge in [0.2, 0.25) is 11.8 Å². The maximum atomic E-state index is 13.1. The molecule has 0 N–H and O–H groups in total. The molecular weight excluding hydrogens is 434 g/mol. The van der Waals surface area contributed by atoms with E-state index in [0.717, 1.165) is 24.0 Å². The highest BCUT2D eigenvalue weighted by Gasteiger charge is 2.33. The molecule has 3 amide bonds. The lowest BCUT2D eigenvalue weighted by atomic mass is 9.95. The Morgan fingerprint density at radius 3 is 2.18 bits per heavy atom. The molecule has 34 heavy (non-hydrogen) atoms. The summed E-state index contributed by atoms with van der Waals surface area (Å²) >= 11 is 0. The lowest BCUT2D eigenvalue weighted by Crippen LogP contribution is -2.50. The highest BCUT2D eigenvalue weighted by atomic mass is 16.5. The lowest BCUT2D eigenvalue weighted by molar-refractivity contribution is -0.152. The normalized spacial score (nSPS) is 20.6.